The molecule has 0 atom stereocenters. The van der Waals surface area contributed by atoms with Gasteiger partial charge in [0, 0.05) is 0 Å². The Bertz CT molecular complexity index is 217. The van der Waals surface area contributed by atoms with Crippen LogP contribution in [0.4, 0.5) is 5.82 Å². The molecule has 0 saturated heterocycles. The zero-order valence-electron chi connectivity index (χ0n) is 5.53. The number of nitrogens with two attached hydrogens (primary N) is 1. The fourth-order valence-corrected chi connectivity index (χ4v) is 0.949. The van der Waals surface area contributed by atoms with Crippen LogP contribution in [-0.2, 0) is 0 Å². The molecule has 1 heterocycles. The van der Waals surface area contributed by atoms with Crippen LogP contribution in [-0.4, -0.2) is 9.78 Å². The van der Waals surface area contributed by atoms with Gasteiger partial charge in [-0.3, -0.25) is 0 Å². The maximum Gasteiger partial charge on any atom is 0.121 e. The Labute approximate surface area is 65.6 Å². The van der Waals surface area contributed by atoms with E-state index in [2.05, 4.69) is 5.10 Å². The van der Waals surface area contributed by atoms with E-state index in [9.17, 15) is 0 Å². The Morgan fingerprint density at radius 1 is 1.60 bits per heavy atom. The lowest BCUT2D eigenvalue weighted by molar-refractivity contribution is 0.651. The lowest BCUT2D eigenvalue weighted by atomic mass is 10.6. The van der Waals surface area contributed by atoms with Gasteiger partial charge in [-0.05, 0) is 18.9 Å². The Morgan fingerprint density at radius 2 is 2.30 bits per heavy atom. The van der Waals surface area contributed by atoms with Crippen LogP contribution < -0.4 is 5.73 Å². The SMILES string of the molecule is Cl.Nc1ccnn1C1CC1. The van der Waals surface area contributed by atoms with Crippen molar-refractivity contribution in [3.63, 3.8) is 0 Å². The Kier molecular flexibility index (Phi) is 1.85. The van der Waals surface area contributed by atoms with Crippen LogP contribution in [0.1, 0.15) is 18.9 Å². The Hall–Kier alpha value is -0.700. The lowest BCUT2D eigenvalue weighted by Crippen LogP contribution is -2.00. The summed E-state index contributed by atoms with van der Waals surface area (Å²) in [6.07, 6.45) is 4.23. The van der Waals surface area contributed by atoms with E-state index < -0.39 is 0 Å². The fourth-order valence-electron chi connectivity index (χ4n) is 0.949. The van der Waals surface area contributed by atoms with Crippen LogP contribution in [0.15, 0.2) is 12.3 Å². The topological polar surface area (TPSA) is 43.8 Å². The van der Waals surface area contributed by atoms with Gasteiger partial charge in [0.15, 0.2) is 0 Å². The second-order valence-corrected chi connectivity index (χ2v) is 2.43. The van der Waals surface area contributed by atoms with Gasteiger partial charge in [-0.25, -0.2) is 4.68 Å². The highest BCUT2D eigenvalue weighted by Gasteiger charge is 2.25. The summed E-state index contributed by atoms with van der Waals surface area (Å²) in [5, 5.41) is 4.07. The van der Waals surface area contributed by atoms with E-state index in [0.29, 0.717) is 6.04 Å². The molecule has 4 heteroatoms. The molecule has 0 aromatic carbocycles. The molecule has 0 unspecified atom stereocenters. The van der Waals surface area contributed by atoms with Crippen molar-refractivity contribution >= 4 is 18.2 Å². The average molecular weight is 160 g/mol. The van der Waals surface area contributed by atoms with Crippen LogP contribution in [0, 0.1) is 0 Å². The predicted octanol–water partition coefficient (Wildman–Crippen LogP) is 1.22. The van der Waals surface area contributed by atoms with E-state index in [1.54, 1.807) is 6.20 Å². The van der Waals surface area contributed by atoms with E-state index in [-0.39, 0.29) is 12.4 Å². The highest BCUT2D eigenvalue weighted by Crippen LogP contribution is 2.35. The number of halogens is 1. The number of nitrogen functional groups attached to an aromatic ring is 1. The first-order valence-electron chi connectivity index (χ1n) is 3.17. The smallest absolute Gasteiger partial charge is 0.121 e. The van der Waals surface area contributed by atoms with Crippen molar-refractivity contribution in [3.05, 3.63) is 12.3 Å². The average Bonchev–Trinajstić information content (AvgIpc) is 2.58. The van der Waals surface area contributed by atoms with Crippen molar-refractivity contribution < 1.29 is 0 Å². The van der Waals surface area contributed by atoms with Gasteiger partial charge >= 0.3 is 0 Å². The summed E-state index contributed by atoms with van der Waals surface area (Å²) in [6.45, 7) is 0. The molecule has 1 aliphatic rings. The highest BCUT2D eigenvalue weighted by molar-refractivity contribution is 5.85. The van der Waals surface area contributed by atoms with Crippen molar-refractivity contribution in [1.82, 2.24) is 9.78 Å². The second kappa shape index (κ2) is 2.50. The lowest BCUT2D eigenvalue weighted by Gasteiger charge is -1.97. The number of aromatic nitrogens is 2. The third kappa shape index (κ3) is 1.09. The molecule has 56 valence electrons. The van der Waals surface area contributed by atoms with Crippen molar-refractivity contribution in [3.8, 4) is 0 Å². The molecule has 0 radical (unpaired) electrons. The minimum Gasteiger partial charge on any atom is -0.384 e. The van der Waals surface area contributed by atoms with Crippen molar-refractivity contribution in [2.75, 3.05) is 5.73 Å². The first-order valence-corrected chi connectivity index (χ1v) is 3.17. The molecular formula is C6H10ClN3. The fraction of sp³-hybridized carbons (Fsp3) is 0.500. The second-order valence-electron chi connectivity index (χ2n) is 2.43. The van der Waals surface area contributed by atoms with E-state index in [1.807, 2.05) is 10.7 Å². The van der Waals surface area contributed by atoms with Gasteiger partial charge in [0.25, 0.3) is 0 Å². The molecule has 1 saturated carbocycles. The van der Waals surface area contributed by atoms with Crippen LogP contribution in [0.2, 0.25) is 0 Å². The van der Waals surface area contributed by atoms with E-state index in [0.717, 1.165) is 5.82 Å². The zero-order valence-corrected chi connectivity index (χ0v) is 6.34. The van der Waals surface area contributed by atoms with Gasteiger partial charge in [0.05, 0.1) is 12.2 Å². The summed E-state index contributed by atoms with van der Waals surface area (Å²) >= 11 is 0. The van der Waals surface area contributed by atoms with Gasteiger partial charge in [0.1, 0.15) is 5.82 Å². The minimum atomic E-state index is 0. The van der Waals surface area contributed by atoms with E-state index >= 15 is 0 Å². The van der Waals surface area contributed by atoms with Crippen molar-refractivity contribution in [2.24, 2.45) is 0 Å². The maximum atomic E-state index is 5.58. The van der Waals surface area contributed by atoms with Gasteiger partial charge in [-0.15, -0.1) is 12.4 Å². The standard InChI is InChI=1S/C6H9N3.ClH/c7-6-3-4-8-9(6)5-1-2-5;/h3-5H,1-2,7H2;1H. The molecule has 10 heavy (non-hydrogen) atoms. The van der Waals surface area contributed by atoms with Gasteiger partial charge in [0.2, 0.25) is 0 Å². The largest absolute Gasteiger partial charge is 0.384 e. The third-order valence-corrected chi connectivity index (χ3v) is 1.59. The molecule has 2 rings (SSSR count). The first-order chi connectivity index (χ1) is 4.38. The molecule has 2 N–H and O–H groups in total. The van der Waals surface area contributed by atoms with Crippen LogP contribution in [0.25, 0.3) is 0 Å². The van der Waals surface area contributed by atoms with Crippen molar-refractivity contribution in [2.45, 2.75) is 18.9 Å². The summed E-state index contributed by atoms with van der Waals surface area (Å²) in [6, 6.07) is 2.44. The van der Waals surface area contributed by atoms with Crippen molar-refractivity contribution in [1.29, 1.82) is 0 Å². The molecular weight excluding hydrogens is 150 g/mol. The van der Waals surface area contributed by atoms with E-state index in [1.165, 1.54) is 12.8 Å². The van der Waals surface area contributed by atoms with Crippen LogP contribution in [0.3, 0.4) is 0 Å². The molecule has 0 bridgehead atoms. The molecule has 0 spiro atoms. The zero-order chi connectivity index (χ0) is 6.27. The van der Waals surface area contributed by atoms with Crippen LogP contribution in [0.5, 0.6) is 0 Å². The molecule has 0 amide bonds. The molecule has 1 fully saturated rings. The highest BCUT2D eigenvalue weighted by atomic mass is 35.5. The van der Waals surface area contributed by atoms with Gasteiger partial charge in [-0.1, -0.05) is 0 Å². The first kappa shape index (κ1) is 7.41. The molecule has 3 nitrogen and oxygen atoms in total. The van der Waals surface area contributed by atoms with Gasteiger partial charge < -0.3 is 5.73 Å². The Balaban J connectivity index is 0.000000500. The number of nitrogens with zero attached hydrogens (tertiary/aromatic N) is 2. The summed E-state index contributed by atoms with van der Waals surface area (Å²) < 4.78 is 1.89. The quantitative estimate of drug-likeness (QED) is 0.670. The molecule has 1 aliphatic carbocycles. The molecule has 1 aromatic heterocycles. The predicted molar refractivity (Wildman–Crippen MR) is 42.2 cm³/mol. The van der Waals surface area contributed by atoms with Gasteiger partial charge in [-0.2, -0.15) is 5.10 Å². The van der Waals surface area contributed by atoms with Crippen LogP contribution >= 0.6 is 12.4 Å². The monoisotopic (exact) mass is 159 g/mol. The maximum absolute atomic E-state index is 5.58. The molecule has 0 aliphatic heterocycles. The number of hydrogen-bond donors (Lipinski definition) is 1. The summed E-state index contributed by atoms with van der Waals surface area (Å²) in [5.74, 6) is 0.789. The van der Waals surface area contributed by atoms with E-state index in [4.69, 9.17) is 5.73 Å². The number of anilines is 1. The molecule has 1 aromatic rings. The summed E-state index contributed by atoms with van der Waals surface area (Å²) in [4.78, 5) is 0. The normalized spacial score (nSPS) is 16.4. The Morgan fingerprint density at radius 3 is 2.70 bits per heavy atom. The minimum absolute atomic E-state index is 0. The third-order valence-electron chi connectivity index (χ3n) is 1.59. The number of hydrogen-bond acceptors (Lipinski definition) is 2. The summed E-state index contributed by atoms with van der Waals surface area (Å²) in [5.41, 5.74) is 5.58. The number of rotatable bonds is 1. The summed E-state index contributed by atoms with van der Waals surface area (Å²) in [7, 11) is 0.